The maximum absolute atomic E-state index is 14.6. The van der Waals surface area contributed by atoms with Crippen molar-refractivity contribution in [3.8, 4) is 11.3 Å². The monoisotopic (exact) mass is 934 g/mol. The Morgan fingerprint density at radius 2 is 1.20 bits per heavy atom. The molecule has 0 bridgehead atoms. The first-order valence-corrected chi connectivity index (χ1v) is 25.1. The van der Waals surface area contributed by atoms with Gasteiger partial charge in [-0.2, -0.15) is 0 Å². The van der Waals surface area contributed by atoms with E-state index in [0.29, 0.717) is 37.2 Å². The average molecular weight is 935 g/mol. The van der Waals surface area contributed by atoms with Crippen molar-refractivity contribution in [2.75, 3.05) is 47.3 Å². The summed E-state index contributed by atoms with van der Waals surface area (Å²) in [7, 11) is 5.13. The molecule has 2 aromatic rings. The van der Waals surface area contributed by atoms with Crippen molar-refractivity contribution < 1.29 is 28.8 Å². The fourth-order valence-corrected chi connectivity index (χ4v) is 11.4. The number of hydrogen-bond acceptors (Lipinski definition) is 11. The van der Waals surface area contributed by atoms with Gasteiger partial charge in [0.15, 0.2) is 0 Å². The molecule has 4 aliphatic rings. The van der Waals surface area contributed by atoms with Crippen LogP contribution in [-0.4, -0.2) is 133 Å². The second-order valence-corrected chi connectivity index (χ2v) is 19.5. The summed E-state index contributed by atoms with van der Waals surface area (Å²) in [6.45, 7) is 0.801. The zero-order chi connectivity index (χ0) is 46.3. The Kier molecular flexibility index (Phi) is 19.1. The summed E-state index contributed by atoms with van der Waals surface area (Å²) < 4.78 is 0. The van der Waals surface area contributed by atoms with Crippen molar-refractivity contribution in [1.29, 1.82) is 0 Å². The minimum absolute atomic E-state index is 0.0307. The van der Waals surface area contributed by atoms with Gasteiger partial charge in [0.05, 0.1) is 35.9 Å². The number of thiocarbonyl (C=S) groups is 1. The molecule has 2 saturated carbocycles. The van der Waals surface area contributed by atoms with E-state index in [2.05, 4.69) is 37.2 Å². The van der Waals surface area contributed by atoms with Gasteiger partial charge in [-0.05, 0) is 77.3 Å². The van der Waals surface area contributed by atoms with Crippen LogP contribution < -0.4 is 37.2 Å². The lowest BCUT2D eigenvalue weighted by Crippen LogP contribution is -2.56. The molecule has 2 aliphatic carbocycles. The molecule has 6 atom stereocenters. The summed E-state index contributed by atoms with van der Waals surface area (Å²) >= 11 is 7.15. The third kappa shape index (κ3) is 13.8. The molecular formula is C47H70N10O6S2. The number of rotatable bonds is 20. The second kappa shape index (κ2) is 24.8. The van der Waals surface area contributed by atoms with Crippen LogP contribution in [0.5, 0.6) is 0 Å². The van der Waals surface area contributed by atoms with E-state index in [1.807, 2.05) is 40.6 Å². The molecule has 2 aliphatic heterocycles. The Bertz CT molecular complexity index is 1940. The maximum Gasteiger partial charge on any atom is 0.246 e. The molecule has 16 nitrogen and oxygen atoms in total. The number of nitrogens with one attached hydrogen (secondary N) is 7. The van der Waals surface area contributed by atoms with Crippen molar-refractivity contribution in [3.63, 3.8) is 0 Å². The van der Waals surface area contributed by atoms with Gasteiger partial charge in [0.25, 0.3) is 0 Å². The largest absolute Gasteiger partial charge is 0.381 e. The second-order valence-electron chi connectivity index (χ2n) is 18.2. The molecule has 65 heavy (non-hydrogen) atoms. The molecule has 6 unspecified atom stereocenters. The summed E-state index contributed by atoms with van der Waals surface area (Å²) in [5.74, 6) is -1.01. The molecule has 1 aromatic heterocycles. The molecule has 2 saturated heterocycles. The van der Waals surface area contributed by atoms with E-state index >= 15 is 0 Å². The number of likely N-dealkylation sites (tertiary alicyclic amines) is 2. The number of benzene rings is 1. The van der Waals surface area contributed by atoms with E-state index in [1.165, 1.54) is 11.3 Å². The molecule has 6 rings (SSSR count). The molecule has 6 amide bonds. The van der Waals surface area contributed by atoms with Gasteiger partial charge < -0.3 is 47.0 Å². The number of unbranched alkanes of at least 4 members (excludes halogenated alkanes) is 1. The number of aromatic nitrogens is 1. The molecule has 18 heteroatoms. The van der Waals surface area contributed by atoms with Crippen molar-refractivity contribution in [1.82, 2.24) is 52.0 Å². The van der Waals surface area contributed by atoms with E-state index in [1.54, 1.807) is 26.0 Å². The first-order chi connectivity index (χ1) is 31.5. The number of hydrogen-bond donors (Lipinski definition) is 7. The Morgan fingerprint density at radius 3 is 1.72 bits per heavy atom. The molecular weight excluding hydrogens is 865 g/mol. The predicted octanol–water partition coefficient (Wildman–Crippen LogP) is 3.33. The highest BCUT2D eigenvalue weighted by molar-refractivity contribution is 7.80. The van der Waals surface area contributed by atoms with Gasteiger partial charge in [0.2, 0.25) is 35.4 Å². The lowest BCUT2D eigenvalue weighted by Gasteiger charge is -2.35. The predicted molar refractivity (Wildman–Crippen MR) is 256 cm³/mol. The lowest BCUT2D eigenvalue weighted by molar-refractivity contribution is -0.139. The molecule has 7 N–H and O–H groups in total. The third-order valence-corrected chi connectivity index (χ3v) is 14.9. The smallest absolute Gasteiger partial charge is 0.246 e. The SMILES string of the molecule is CNCC(=O)NC(C(=O)N1CC(NC(=O)CCCCC(=O)NC2CC(c3nc(-c4ccccc4)cs3)N(C(=O)C(NC(=O)CNC)C3CCCCC3)C2)CC1C(=S)NC)C1CCCCC1. The van der Waals surface area contributed by atoms with Gasteiger partial charge in [-0.25, -0.2) is 4.98 Å². The summed E-state index contributed by atoms with van der Waals surface area (Å²) in [5, 5.41) is 23.9. The van der Waals surface area contributed by atoms with Gasteiger partial charge in [-0.15, -0.1) is 11.3 Å². The van der Waals surface area contributed by atoms with Crippen LogP contribution in [0.15, 0.2) is 35.7 Å². The van der Waals surface area contributed by atoms with Crippen LogP contribution in [0.3, 0.4) is 0 Å². The molecule has 4 fully saturated rings. The van der Waals surface area contributed by atoms with Gasteiger partial charge in [0.1, 0.15) is 17.1 Å². The summed E-state index contributed by atoms with van der Waals surface area (Å²) in [6.07, 6.45) is 12.1. The molecule has 1 aromatic carbocycles. The van der Waals surface area contributed by atoms with Gasteiger partial charge in [0, 0.05) is 56.0 Å². The van der Waals surface area contributed by atoms with E-state index in [-0.39, 0.29) is 97.9 Å². The highest BCUT2D eigenvalue weighted by atomic mass is 32.1. The zero-order valence-corrected chi connectivity index (χ0v) is 40.0. The van der Waals surface area contributed by atoms with E-state index in [9.17, 15) is 28.8 Å². The van der Waals surface area contributed by atoms with Gasteiger partial charge >= 0.3 is 0 Å². The number of carbonyl (C=O) groups excluding carboxylic acids is 6. The van der Waals surface area contributed by atoms with Crippen LogP contribution in [-0.2, 0) is 28.8 Å². The van der Waals surface area contributed by atoms with Crippen molar-refractivity contribution in [2.24, 2.45) is 11.8 Å². The Balaban J connectivity index is 1.04. The van der Waals surface area contributed by atoms with Gasteiger partial charge in [-0.1, -0.05) is 81.1 Å². The number of nitrogens with zero attached hydrogens (tertiary/aromatic N) is 3. The van der Waals surface area contributed by atoms with Crippen molar-refractivity contribution >= 4 is 64.0 Å². The summed E-state index contributed by atoms with van der Waals surface area (Å²) in [6, 6.07) is 7.16. The third-order valence-electron chi connectivity index (χ3n) is 13.5. The van der Waals surface area contributed by atoms with Crippen LogP contribution >= 0.6 is 23.6 Å². The topological polar surface area (TPSA) is 206 Å². The number of thiazole rings is 1. The van der Waals surface area contributed by atoms with Crippen LogP contribution in [0.4, 0.5) is 0 Å². The standard InChI is InChI=1S/C47H70N10O6S2/c1-48-25-40(60)54-42(31-17-9-5-10-18-31)46(62)56-27-33(23-36(56)44(64)50-3)51-38(58)21-13-14-22-39(59)52-34-24-37(45-53-35(29-65-45)30-15-7-4-8-16-30)57(28-34)47(63)43(55-41(61)26-49-2)32-19-11-6-12-20-32/h4,7-8,15-16,29,31-34,36-37,42-43,48-49H,5-6,9-14,17-28H2,1-3H3,(H,50,64)(H,51,58)(H,52,59)(H,54,60)(H,55,61). The molecule has 0 radical (unpaired) electrons. The normalized spacial score (nSPS) is 22.4. The van der Waals surface area contributed by atoms with Crippen LogP contribution in [0.25, 0.3) is 11.3 Å². The van der Waals surface area contributed by atoms with Gasteiger partial charge in [-0.3, -0.25) is 28.8 Å². The van der Waals surface area contributed by atoms with Crippen molar-refractivity contribution in [3.05, 3.63) is 40.7 Å². The fourth-order valence-electron chi connectivity index (χ4n) is 10.2. The quantitative estimate of drug-likeness (QED) is 0.0758. The lowest BCUT2D eigenvalue weighted by atomic mass is 9.83. The van der Waals surface area contributed by atoms with Crippen LogP contribution in [0.2, 0.25) is 0 Å². The van der Waals surface area contributed by atoms with E-state index in [0.717, 1.165) is 80.5 Å². The van der Waals surface area contributed by atoms with E-state index < -0.39 is 18.1 Å². The molecule has 0 spiro atoms. The number of likely N-dealkylation sites (N-methyl/N-ethyl adjacent to an activating group) is 3. The number of carbonyl (C=O) groups is 6. The maximum atomic E-state index is 14.6. The molecule has 3 heterocycles. The average Bonchev–Trinajstić information content (AvgIpc) is 4.09. The molecule has 356 valence electrons. The first kappa shape index (κ1) is 49.9. The minimum atomic E-state index is -0.666. The zero-order valence-electron chi connectivity index (χ0n) is 38.3. The Labute approximate surface area is 393 Å². The Morgan fingerprint density at radius 1 is 0.692 bits per heavy atom. The first-order valence-electron chi connectivity index (χ1n) is 23.8. The highest BCUT2D eigenvalue weighted by Crippen LogP contribution is 2.38. The Hall–Kier alpha value is -4.52. The van der Waals surface area contributed by atoms with Crippen LogP contribution in [0, 0.1) is 11.8 Å². The fraction of sp³-hybridized carbons (Fsp3) is 0.660. The highest BCUT2D eigenvalue weighted by Gasteiger charge is 2.45. The minimum Gasteiger partial charge on any atom is -0.381 e. The number of amides is 6. The van der Waals surface area contributed by atoms with Crippen LogP contribution in [0.1, 0.15) is 114 Å². The van der Waals surface area contributed by atoms with Crippen molar-refractivity contribution in [2.45, 2.75) is 139 Å². The summed E-state index contributed by atoms with van der Waals surface area (Å²) in [5.41, 5.74) is 1.81. The van der Waals surface area contributed by atoms with E-state index in [4.69, 9.17) is 17.2 Å². The summed E-state index contributed by atoms with van der Waals surface area (Å²) in [4.78, 5) is 90.3.